The van der Waals surface area contributed by atoms with Gasteiger partial charge in [0.25, 0.3) is 0 Å². The summed E-state index contributed by atoms with van der Waals surface area (Å²) in [5.74, 6) is -0.339. The number of carbonyl (C=O) groups is 2. The summed E-state index contributed by atoms with van der Waals surface area (Å²) in [6.07, 6.45) is 5.55. The summed E-state index contributed by atoms with van der Waals surface area (Å²) in [5.41, 5.74) is 1.86. The van der Waals surface area contributed by atoms with Gasteiger partial charge in [-0.05, 0) is 31.7 Å². The Labute approximate surface area is 138 Å². The van der Waals surface area contributed by atoms with Crippen molar-refractivity contribution in [2.75, 3.05) is 6.61 Å². The van der Waals surface area contributed by atoms with Gasteiger partial charge in [-0.3, -0.25) is 9.59 Å². The van der Waals surface area contributed by atoms with E-state index in [0.29, 0.717) is 18.2 Å². The van der Waals surface area contributed by atoms with Crippen molar-refractivity contribution in [3.05, 3.63) is 35.4 Å². The standard InChI is InChI=1S/C19H27NO3/c1-3-14-9-11-15(12-10-14)19(22)17(13-18(21)23-4-2)20-16-7-5-6-8-16/h9-12,16-17,20H,3-8,13H2,1-2H3. The number of benzene rings is 1. The molecular formula is C19H27NO3. The Bertz CT molecular complexity index is 518. The average Bonchev–Trinajstić information content (AvgIpc) is 3.07. The molecule has 1 atom stereocenters. The minimum absolute atomic E-state index is 0.0207. The average molecular weight is 317 g/mol. The fourth-order valence-electron chi connectivity index (χ4n) is 3.10. The van der Waals surface area contributed by atoms with E-state index in [1.807, 2.05) is 24.3 Å². The number of hydrogen-bond acceptors (Lipinski definition) is 4. The molecule has 1 aliphatic rings. The molecule has 0 heterocycles. The maximum atomic E-state index is 12.8. The second-order valence-corrected chi connectivity index (χ2v) is 6.12. The molecule has 1 aliphatic carbocycles. The molecule has 2 rings (SSSR count). The summed E-state index contributed by atoms with van der Waals surface area (Å²) in [4.78, 5) is 24.7. The summed E-state index contributed by atoms with van der Waals surface area (Å²) in [6, 6.07) is 7.50. The first-order chi connectivity index (χ1) is 11.1. The van der Waals surface area contributed by atoms with Gasteiger partial charge in [-0.25, -0.2) is 0 Å². The van der Waals surface area contributed by atoms with Gasteiger partial charge < -0.3 is 10.1 Å². The Morgan fingerprint density at radius 3 is 2.39 bits per heavy atom. The monoisotopic (exact) mass is 317 g/mol. The maximum Gasteiger partial charge on any atom is 0.307 e. The number of hydrogen-bond donors (Lipinski definition) is 1. The molecule has 4 heteroatoms. The highest BCUT2D eigenvalue weighted by molar-refractivity contribution is 6.01. The molecule has 1 aromatic carbocycles. The molecule has 0 saturated heterocycles. The van der Waals surface area contributed by atoms with Crippen LogP contribution in [0.3, 0.4) is 0 Å². The molecular weight excluding hydrogens is 290 g/mol. The molecule has 1 N–H and O–H groups in total. The zero-order valence-electron chi connectivity index (χ0n) is 14.1. The van der Waals surface area contributed by atoms with Crippen molar-refractivity contribution in [2.45, 2.75) is 64.5 Å². The summed E-state index contributed by atoms with van der Waals surface area (Å²) in [6.45, 7) is 4.21. The van der Waals surface area contributed by atoms with Crippen LogP contribution in [0.5, 0.6) is 0 Å². The zero-order valence-corrected chi connectivity index (χ0v) is 14.1. The SMILES string of the molecule is CCOC(=O)CC(NC1CCCC1)C(=O)c1ccc(CC)cc1. The third-order valence-electron chi connectivity index (χ3n) is 4.43. The summed E-state index contributed by atoms with van der Waals surface area (Å²) in [5, 5.41) is 3.38. The van der Waals surface area contributed by atoms with Gasteiger partial charge in [0, 0.05) is 11.6 Å². The van der Waals surface area contributed by atoms with Gasteiger partial charge in [0.15, 0.2) is 5.78 Å². The largest absolute Gasteiger partial charge is 0.466 e. The van der Waals surface area contributed by atoms with Crippen molar-refractivity contribution in [1.82, 2.24) is 5.32 Å². The molecule has 0 radical (unpaired) electrons. The lowest BCUT2D eigenvalue weighted by Gasteiger charge is -2.21. The van der Waals surface area contributed by atoms with Gasteiger partial charge in [0.2, 0.25) is 0 Å². The lowest BCUT2D eigenvalue weighted by molar-refractivity contribution is -0.143. The van der Waals surface area contributed by atoms with E-state index in [4.69, 9.17) is 4.74 Å². The van der Waals surface area contributed by atoms with Crippen LogP contribution >= 0.6 is 0 Å². The van der Waals surface area contributed by atoms with Crippen molar-refractivity contribution in [1.29, 1.82) is 0 Å². The third kappa shape index (κ3) is 5.17. The van der Waals surface area contributed by atoms with Crippen LogP contribution in [0.2, 0.25) is 0 Å². The number of Topliss-reactive ketones (excluding diaryl/α,β-unsaturated/α-hetero) is 1. The van der Waals surface area contributed by atoms with Crippen LogP contribution in [0.4, 0.5) is 0 Å². The molecule has 1 fully saturated rings. The van der Waals surface area contributed by atoms with Crippen LogP contribution in [-0.2, 0) is 16.0 Å². The molecule has 0 bridgehead atoms. The van der Waals surface area contributed by atoms with Crippen molar-refractivity contribution < 1.29 is 14.3 Å². The van der Waals surface area contributed by atoms with Crippen LogP contribution in [0, 0.1) is 0 Å². The number of rotatable bonds is 8. The van der Waals surface area contributed by atoms with E-state index in [1.54, 1.807) is 6.92 Å². The minimum atomic E-state index is -0.496. The lowest BCUT2D eigenvalue weighted by Crippen LogP contribution is -2.44. The number of aryl methyl sites for hydroxylation is 1. The van der Waals surface area contributed by atoms with Gasteiger partial charge >= 0.3 is 5.97 Å². The second kappa shape index (κ2) is 8.82. The Balaban J connectivity index is 2.09. The van der Waals surface area contributed by atoms with Gasteiger partial charge in [0.1, 0.15) is 0 Å². The second-order valence-electron chi connectivity index (χ2n) is 6.12. The van der Waals surface area contributed by atoms with Gasteiger partial charge in [-0.15, -0.1) is 0 Å². The number of nitrogens with one attached hydrogen (secondary N) is 1. The number of carbonyl (C=O) groups excluding carboxylic acids is 2. The van der Waals surface area contributed by atoms with Crippen LogP contribution in [0.1, 0.15) is 61.9 Å². The van der Waals surface area contributed by atoms with Crippen LogP contribution in [-0.4, -0.2) is 30.4 Å². The van der Waals surface area contributed by atoms with E-state index < -0.39 is 6.04 Å². The Kier molecular flexibility index (Phi) is 6.78. The Morgan fingerprint density at radius 2 is 1.83 bits per heavy atom. The molecule has 4 nitrogen and oxygen atoms in total. The van der Waals surface area contributed by atoms with Crippen LogP contribution < -0.4 is 5.32 Å². The number of ether oxygens (including phenoxy) is 1. The molecule has 0 spiro atoms. The first kappa shape index (κ1) is 17.7. The highest BCUT2D eigenvalue weighted by atomic mass is 16.5. The molecule has 0 amide bonds. The number of esters is 1. The van der Waals surface area contributed by atoms with E-state index >= 15 is 0 Å². The predicted octanol–water partition coefficient (Wildman–Crippen LogP) is 3.29. The highest BCUT2D eigenvalue weighted by Crippen LogP contribution is 2.20. The number of ketones is 1. The highest BCUT2D eigenvalue weighted by Gasteiger charge is 2.27. The minimum Gasteiger partial charge on any atom is -0.466 e. The molecule has 1 saturated carbocycles. The van der Waals surface area contributed by atoms with Crippen LogP contribution in [0.15, 0.2) is 24.3 Å². The lowest BCUT2D eigenvalue weighted by atomic mass is 9.99. The topological polar surface area (TPSA) is 55.4 Å². The quantitative estimate of drug-likeness (QED) is 0.590. The van der Waals surface area contributed by atoms with Crippen molar-refractivity contribution in [3.63, 3.8) is 0 Å². The first-order valence-corrected chi connectivity index (χ1v) is 8.68. The van der Waals surface area contributed by atoms with Crippen molar-refractivity contribution >= 4 is 11.8 Å². The third-order valence-corrected chi connectivity index (χ3v) is 4.43. The van der Waals surface area contributed by atoms with Crippen LogP contribution in [0.25, 0.3) is 0 Å². The molecule has 126 valence electrons. The van der Waals surface area contributed by atoms with E-state index in [2.05, 4.69) is 12.2 Å². The van der Waals surface area contributed by atoms with Gasteiger partial charge in [0.05, 0.1) is 19.1 Å². The normalized spacial score (nSPS) is 16.3. The summed E-state index contributed by atoms with van der Waals surface area (Å²) in [7, 11) is 0. The summed E-state index contributed by atoms with van der Waals surface area (Å²) < 4.78 is 5.03. The van der Waals surface area contributed by atoms with E-state index in [1.165, 1.54) is 18.4 Å². The fraction of sp³-hybridized carbons (Fsp3) is 0.579. The molecule has 1 unspecified atom stereocenters. The van der Waals surface area contributed by atoms with E-state index in [0.717, 1.165) is 19.3 Å². The van der Waals surface area contributed by atoms with Gasteiger partial charge in [-0.1, -0.05) is 44.0 Å². The molecule has 0 aliphatic heterocycles. The van der Waals surface area contributed by atoms with Gasteiger partial charge in [-0.2, -0.15) is 0 Å². The maximum absolute atomic E-state index is 12.8. The summed E-state index contributed by atoms with van der Waals surface area (Å²) >= 11 is 0. The smallest absolute Gasteiger partial charge is 0.307 e. The van der Waals surface area contributed by atoms with E-state index in [9.17, 15) is 9.59 Å². The van der Waals surface area contributed by atoms with E-state index in [-0.39, 0.29) is 18.2 Å². The zero-order chi connectivity index (χ0) is 16.7. The molecule has 0 aromatic heterocycles. The van der Waals surface area contributed by atoms with Crippen molar-refractivity contribution in [3.8, 4) is 0 Å². The fourth-order valence-corrected chi connectivity index (χ4v) is 3.10. The Hall–Kier alpha value is -1.68. The first-order valence-electron chi connectivity index (χ1n) is 8.68. The van der Waals surface area contributed by atoms with Crippen molar-refractivity contribution in [2.24, 2.45) is 0 Å². The molecule has 1 aromatic rings. The predicted molar refractivity (Wildman–Crippen MR) is 90.6 cm³/mol. The molecule has 23 heavy (non-hydrogen) atoms. The Morgan fingerprint density at radius 1 is 1.17 bits per heavy atom.